The molecular weight excluding hydrogens is 220 g/mol. The Morgan fingerprint density at radius 2 is 2.06 bits per heavy atom. The fourth-order valence-corrected chi connectivity index (χ4v) is 2.77. The van der Waals surface area contributed by atoms with E-state index in [1.807, 2.05) is 0 Å². The minimum Gasteiger partial charge on any atom is -0.311 e. The molecule has 0 bridgehead atoms. The van der Waals surface area contributed by atoms with Gasteiger partial charge in [-0.15, -0.1) is 0 Å². The number of hydrogen-bond donors (Lipinski definition) is 1. The highest BCUT2D eigenvalue weighted by Crippen LogP contribution is 2.12. The van der Waals surface area contributed by atoms with Crippen LogP contribution >= 0.6 is 0 Å². The summed E-state index contributed by atoms with van der Waals surface area (Å²) in [5, 5.41) is 3.54. The van der Waals surface area contributed by atoms with Gasteiger partial charge in [-0.3, -0.25) is 4.90 Å². The fourth-order valence-electron chi connectivity index (χ4n) is 2.77. The number of nitrogens with zero attached hydrogens (tertiary/aromatic N) is 1. The van der Waals surface area contributed by atoms with Crippen molar-refractivity contribution in [1.82, 2.24) is 10.2 Å². The van der Waals surface area contributed by atoms with Gasteiger partial charge in [0, 0.05) is 25.2 Å². The zero-order chi connectivity index (χ0) is 13.0. The number of piperazine rings is 1. The third-order valence-corrected chi connectivity index (χ3v) is 4.05. The summed E-state index contributed by atoms with van der Waals surface area (Å²) in [4.78, 5) is 2.62. The van der Waals surface area contributed by atoms with E-state index in [-0.39, 0.29) is 0 Å². The number of nitrogens with one attached hydrogen (secondary N) is 1. The van der Waals surface area contributed by atoms with Crippen molar-refractivity contribution in [2.45, 2.75) is 45.7 Å². The molecule has 2 rings (SSSR count). The lowest BCUT2D eigenvalue weighted by Crippen LogP contribution is -2.54. The molecule has 1 aliphatic rings. The van der Waals surface area contributed by atoms with Gasteiger partial charge in [0.25, 0.3) is 0 Å². The summed E-state index contributed by atoms with van der Waals surface area (Å²) in [6, 6.07) is 10.1. The Hall–Kier alpha value is -0.860. The molecule has 18 heavy (non-hydrogen) atoms. The van der Waals surface area contributed by atoms with Gasteiger partial charge in [-0.25, -0.2) is 0 Å². The molecule has 0 aliphatic carbocycles. The highest BCUT2D eigenvalue weighted by Gasteiger charge is 2.21. The molecule has 0 spiro atoms. The molecule has 0 saturated carbocycles. The van der Waals surface area contributed by atoms with Crippen LogP contribution in [0.3, 0.4) is 0 Å². The summed E-state index contributed by atoms with van der Waals surface area (Å²) < 4.78 is 0. The van der Waals surface area contributed by atoms with Gasteiger partial charge < -0.3 is 5.32 Å². The molecule has 1 N–H and O–H groups in total. The third-order valence-electron chi connectivity index (χ3n) is 4.05. The largest absolute Gasteiger partial charge is 0.311 e. The van der Waals surface area contributed by atoms with Gasteiger partial charge >= 0.3 is 0 Å². The predicted molar refractivity (Wildman–Crippen MR) is 78.0 cm³/mol. The van der Waals surface area contributed by atoms with E-state index in [2.05, 4.69) is 55.3 Å². The van der Waals surface area contributed by atoms with Crippen LogP contribution in [0.5, 0.6) is 0 Å². The van der Waals surface area contributed by atoms with Crippen molar-refractivity contribution in [3.05, 3.63) is 35.4 Å². The maximum atomic E-state index is 3.54. The molecule has 0 amide bonds. The molecule has 2 heteroatoms. The van der Waals surface area contributed by atoms with Crippen LogP contribution in [0.25, 0.3) is 0 Å². The molecule has 1 aliphatic heterocycles. The summed E-state index contributed by atoms with van der Waals surface area (Å²) in [6.07, 6.45) is 2.47. The van der Waals surface area contributed by atoms with Gasteiger partial charge in [0.1, 0.15) is 0 Å². The summed E-state index contributed by atoms with van der Waals surface area (Å²) >= 11 is 0. The van der Waals surface area contributed by atoms with Crippen LogP contribution < -0.4 is 5.32 Å². The van der Waals surface area contributed by atoms with Crippen LogP contribution in [-0.4, -0.2) is 36.6 Å². The Morgan fingerprint density at radius 3 is 2.83 bits per heavy atom. The van der Waals surface area contributed by atoms with Crippen molar-refractivity contribution < 1.29 is 0 Å². The number of aryl methyl sites for hydroxylation is 2. The van der Waals surface area contributed by atoms with Crippen LogP contribution in [0.15, 0.2) is 24.3 Å². The minimum absolute atomic E-state index is 0.639. The Labute approximate surface area is 111 Å². The number of benzene rings is 1. The van der Waals surface area contributed by atoms with E-state index in [4.69, 9.17) is 0 Å². The zero-order valence-corrected chi connectivity index (χ0v) is 11.9. The smallest absolute Gasteiger partial charge is 0.0193 e. The van der Waals surface area contributed by atoms with Crippen LogP contribution in [0.2, 0.25) is 0 Å². The SMILES string of the molecule is Cc1ccccc1CCCN1CC(C)NCC1C. The highest BCUT2D eigenvalue weighted by atomic mass is 15.2. The average Bonchev–Trinajstić information content (AvgIpc) is 2.36. The summed E-state index contributed by atoms with van der Waals surface area (Å²) in [5.41, 5.74) is 2.94. The second kappa shape index (κ2) is 6.35. The van der Waals surface area contributed by atoms with E-state index in [1.165, 1.54) is 37.1 Å². The molecule has 1 saturated heterocycles. The average molecular weight is 246 g/mol. The lowest BCUT2D eigenvalue weighted by molar-refractivity contribution is 0.145. The van der Waals surface area contributed by atoms with Crippen molar-refractivity contribution in [1.29, 1.82) is 0 Å². The van der Waals surface area contributed by atoms with Gasteiger partial charge in [0.2, 0.25) is 0 Å². The normalized spacial score (nSPS) is 25.3. The third kappa shape index (κ3) is 3.56. The Morgan fingerprint density at radius 1 is 1.28 bits per heavy atom. The Balaban J connectivity index is 1.79. The topological polar surface area (TPSA) is 15.3 Å². The summed E-state index contributed by atoms with van der Waals surface area (Å²) in [7, 11) is 0. The maximum Gasteiger partial charge on any atom is 0.0193 e. The van der Waals surface area contributed by atoms with Crippen LogP contribution in [-0.2, 0) is 6.42 Å². The first-order valence-corrected chi connectivity index (χ1v) is 7.18. The van der Waals surface area contributed by atoms with E-state index in [1.54, 1.807) is 0 Å². The molecule has 2 nitrogen and oxygen atoms in total. The van der Waals surface area contributed by atoms with Gasteiger partial charge in [-0.2, -0.15) is 0 Å². The van der Waals surface area contributed by atoms with E-state index in [0.29, 0.717) is 12.1 Å². The van der Waals surface area contributed by atoms with E-state index >= 15 is 0 Å². The first-order valence-electron chi connectivity index (χ1n) is 7.18. The predicted octanol–water partition coefficient (Wildman–Crippen LogP) is 2.61. The zero-order valence-electron chi connectivity index (χ0n) is 11.9. The molecule has 1 heterocycles. The first-order chi connectivity index (χ1) is 8.66. The standard InChI is InChI=1S/C16H26N2/c1-13-7-4-5-8-16(13)9-6-10-18-12-14(2)17-11-15(18)3/h4-5,7-8,14-15,17H,6,9-12H2,1-3H3. The minimum atomic E-state index is 0.639. The lowest BCUT2D eigenvalue weighted by atomic mass is 10.0. The summed E-state index contributed by atoms with van der Waals surface area (Å²) in [5.74, 6) is 0. The van der Waals surface area contributed by atoms with Crippen molar-refractivity contribution in [3.63, 3.8) is 0 Å². The molecular formula is C16H26N2. The van der Waals surface area contributed by atoms with E-state index < -0.39 is 0 Å². The molecule has 2 unspecified atom stereocenters. The molecule has 1 fully saturated rings. The number of rotatable bonds is 4. The molecule has 1 aromatic carbocycles. The lowest BCUT2D eigenvalue weighted by Gasteiger charge is -2.37. The van der Waals surface area contributed by atoms with E-state index in [9.17, 15) is 0 Å². The molecule has 100 valence electrons. The van der Waals surface area contributed by atoms with Gasteiger partial charge in [0.05, 0.1) is 0 Å². The second-order valence-electron chi connectivity index (χ2n) is 5.68. The van der Waals surface area contributed by atoms with Crippen LogP contribution in [0, 0.1) is 6.92 Å². The molecule has 0 aromatic heterocycles. The number of hydrogen-bond acceptors (Lipinski definition) is 2. The Bertz CT molecular complexity index is 375. The highest BCUT2D eigenvalue weighted by molar-refractivity contribution is 5.25. The molecule has 0 radical (unpaired) electrons. The summed E-state index contributed by atoms with van der Waals surface area (Å²) in [6.45, 7) is 10.4. The van der Waals surface area contributed by atoms with Crippen molar-refractivity contribution in [2.24, 2.45) is 0 Å². The maximum absolute atomic E-state index is 3.54. The van der Waals surface area contributed by atoms with Crippen molar-refractivity contribution in [2.75, 3.05) is 19.6 Å². The van der Waals surface area contributed by atoms with Crippen LogP contribution in [0.4, 0.5) is 0 Å². The van der Waals surface area contributed by atoms with Gasteiger partial charge in [-0.05, 0) is 51.3 Å². The molecule has 1 aromatic rings. The van der Waals surface area contributed by atoms with Crippen LogP contribution in [0.1, 0.15) is 31.4 Å². The first kappa shape index (κ1) is 13.6. The fraction of sp³-hybridized carbons (Fsp3) is 0.625. The van der Waals surface area contributed by atoms with Crippen molar-refractivity contribution in [3.8, 4) is 0 Å². The van der Waals surface area contributed by atoms with Crippen molar-refractivity contribution >= 4 is 0 Å². The molecule has 2 atom stereocenters. The van der Waals surface area contributed by atoms with Gasteiger partial charge in [-0.1, -0.05) is 24.3 Å². The quantitative estimate of drug-likeness (QED) is 0.878. The Kier molecular flexibility index (Phi) is 4.79. The second-order valence-corrected chi connectivity index (χ2v) is 5.68. The van der Waals surface area contributed by atoms with Gasteiger partial charge in [0.15, 0.2) is 0 Å². The monoisotopic (exact) mass is 246 g/mol. The van der Waals surface area contributed by atoms with E-state index in [0.717, 1.165) is 6.54 Å².